The van der Waals surface area contributed by atoms with Crippen molar-refractivity contribution < 1.29 is 19.9 Å². The molecule has 58 valence electrons. The minimum absolute atomic E-state index is 0.287. The fourth-order valence-electron chi connectivity index (χ4n) is 0.342. The zero-order valence-electron chi connectivity index (χ0n) is 5.61. The van der Waals surface area contributed by atoms with E-state index in [1.807, 2.05) is 0 Å². The van der Waals surface area contributed by atoms with Crippen LogP contribution in [0.1, 0.15) is 0 Å². The van der Waals surface area contributed by atoms with Crippen LogP contribution in [0.15, 0.2) is 10.3 Å². The molecule has 0 aliphatic carbocycles. The SMILES string of the molecule is COC(=NO)C(=NO)OC. The third-order valence-corrected chi connectivity index (χ3v) is 0.751. The summed E-state index contributed by atoms with van der Waals surface area (Å²) in [5.74, 6) is -0.574. The lowest BCUT2D eigenvalue weighted by molar-refractivity contribution is 0.266. The highest BCUT2D eigenvalue weighted by atomic mass is 16.6. The third kappa shape index (κ3) is 1.81. The van der Waals surface area contributed by atoms with E-state index in [0.29, 0.717) is 0 Å². The second-order valence-electron chi connectivity index (χ2n) is 1.22. The molecular formula is C4H8N2O4. The fraction of sp³-hybridized carbons (Fsp3) is 0.500. The van der Waals surface area contributed by atoms with Crippen LogP contribution in [0.3, 0.4) is 0 Å². The maximum atomic E-state index is 8.15. The van der Waals surface area contributed by atoms with E-state index in [0.717, 1.165) is 0 Å². The first kappa shape index (κ1) is 8.54. The van der Waals surface area contributed by atoms with Gasteiger partial charge in [-0.1, -0.05) is 0 Å². The van der Waals surface area contributed by atoms with Crippen molar-refractivity contribution in [3.63, 3.8) is 0 Å². The molecule has 0 aromatic heterocycles. The molecule has 0 heterocycles. The molecule has 0 unspecified atom stereocenters. The molecule has 0 spiro atoms. The molecule has 10 heavy (non-hydrogen) atoms. The predicted molar refractivity (Wildman–Crippen MR) is 32.5 cm³/mol. The fourth-order valence-corrected chi connectivity index (χ4v) is 0.342. The Bertz CT molecular complexity index is 135. The van der Waals surface area contributed by atoms with Crippen LogP contribution >= 0.6 is 0 Å². The van der Waals surface area contributed by atoms with Crippen molar-refractivity contribution in [2.24, 2.45) is 10.3 Å². The lowest BCUT2D eigenvalue weighted by Gasteiger charge is -2.01. The largest absolute Gasteiger partial charge is 0.475 e. The van der Waals surface area contributed by atoms with E-state index in [1.165, 1.54) is 14.2 Å². The van der Waals surface area contributed by atoms with Gasteiger partial charge in [-0.25, -0.2) is 0 Å². The van der Waals surface area contributed by atoms with E-state index >= 15 is 0 Å². The van der Waals surface area contributed by atoms with Crippen molar-refractivity contribution in [3.05, 3.63) is 0 Å². The molecule has 0 aliphatic rings. The number of hydrogen-bond acceptors (Lipinski definition) is 6. The van der Waals surface area contributed by atoms with Gasteiger partial charge in [-0.05, 0) is 10.3 Å². The molecule has 0 aromatic carbocycles. The maximum Gasteiger partial charge on any atom is 0.316 e. The number of rotatable bonds is 0. The summed E-state index contributed by atoms with van der Waals surface area (Å²) in [6, 6.07) is 0. The van der Waals surface area contributed by atoms with Gasteiger partial charge in [0.05, 0.1) is 14.2 Å². The van der Waals surface area contributed by atoms with Gasteiger partial charge >= 0.3 is 11.8 Å². The Morgan fingerprint density at radius 3 is 1.40 bits per heavy atom. The number of hydrogen-bond donors (Lipinski definition) is 2. The van der Waals surface area contributed by atoms with Gasteiger partial charge in [0.15, 0.2) is 0 Å². The van der Waals surface area contributed by atoms with Gasteiger partial charge in [-0.2, -0.15) is 0 Å². The van der Waals surface area contributed by atoms with Crippen LogP contribution in [-0.4, -0.2) is 36.4 Å². The van der Waals surface area contributed by atoms with Crippen LogP contribution in [0.2, 0.25) is 0 Å². The standard InChI is InChI=1S/C4H8N2O4/c1-9-3(5-7)4(6-8)10-2/h7-8H,1-2H3. The number of methoxy groups -OCH3 is 2. The predicted octanol–water partition coefficient (Wildman–Crippen LogP) is -0.145. The molecule has 0 aliphatic heterocycles. The van der Waals surface area contributed by atoms with Crippen LogP contribution in [-0.2, 0) is 9.47 Å². The van der Waals surface area contributed by atoms with Gasteiger partial charge in [0, 0.05) is 0 Å². The highest BCUT2D eigenvalue weighted by molar-refractivity contribution is 6.34. The van der Waals surface area contributed by atoms with Crippen LogP contribution in [0.4, 0.5) is 0 Å². The van der Waals surface area contributed by atoms with Gasteiger partial charge in [0.2, 0.25) is 0 Å². The molecule has 0 fully saturated rings. The Hall–Kier alpha value is -1.46. The lowest BCUT2D eigenvalue weighted by Crippen LogP contribution is -2.18. The number of ether oxygens (including phenoxy) is 2. The molecule has 0 atom stereocenters. The van der Waals surface area contributed by atoms with Crippen LogP contribution in [0.25, 0.3) is 0 Å². The Labute approximate surface area is 57.3 Å². The summed E-state index contributed by atoms with van der Waals surface area (Å²) in [4.78, 5) is 0. The minimum Gasteiger partial charge on any atom is -0.475 e. The van der Waals surface area contributed by atoms with Gasteiger partial charge in [0.1, 0.15) is 0 Å². The highest BCUT2D eigenvalue weighted by Crippen LogP contribution is 1.85. The van der Waals surface area contributed by atoms with Crippen LogP contribution in [0.5, 0.6) is 0 Å². The topological polar surface area (TPSA) is 83.6 Å². The Morgan fingerprint density at radius 1 is 1.00 bits per heavy atom. The molecule has 2 N–H and O–H groups in total. The lowest BCUT2D eigenvalue weighted by atomic mass is 10.6. The zero-order valence-corrected chi connectivity index (χ0v) is 5.61. The van der Waals surface area contributed by atoms with E-state index in [4.69, 9.17) is 10.4 Å². The molecule has 0 radical (unpaired) electrons. The zero-order chi connectivity index (χ0) is 7.98. The first-order valence-electron chi connectivity index (χ1n) is 2.32. The monoisotopic (exact) mass is 148 g/mol. The van der Waals surface area contributed by atoms with Crippen molar-refractivity contribution in [2.75, 3.05) is 14.2 Å². The summed E-state index contributed by atoms with van der Waals surface area (Å²) in [6.07, 6.45) is 0. The summed E-state index contributed by atoms with van der Waals surface area (Å²) in [6.45, 7) is 0. The maximum absolute atomic E-state index is 8.15. The molecule has 6 heteroatoms. The number of nitrogens with zero attached hydrogens (tertiary/aromatic N) is 2. The van der Waals surface area contributed by atoms with E-state index in [9.17, 15) is 0 Å². The van der Waals surface area contributed by atoms with E-state index in [2.05, 4.69) is 19.8 Å². The van der Waals surface area contributed by atoms with E-state index in [-0.39, 0.29) is 11.8 Å². The minimum atomic E-state index is -0.287. The molecule has 0 bridgehead atoms. The van der Waals surface area contributed by atoms with Crippen molar-refractivity contribution in [3.8, 4) is 0 Å². The van der Waals surface area contributed by atoms with E-state index in [1.54, 1.807) is 0 Å². The molecule has 0 rings (SSSR count). The summed E-state index contributed by atoms with van der Waals surface area (Å²) < 4.78 is 8.86. The van der Waals surface area contributed by atoms with Crippen LogP contribution < -0.4 is 0 Å². The summed E-state index contributed by atoms with van der Waals surface area (Å²) >= 11 is 0. The second kappa shape index (κ2) is 4.42. The Kier molecular flexibility index (Phi) is 3.78. The van der Waals surface area contributed by atoms with Gasteiger partial charge < -0.3 is 19.9 Å². The first-order valence-corrected chi connectivity index (χ1v) is 2.32. The molecule has 0 saturated heterocycles. The van der Waals surface area contributed by atoms with Gasteiger partial charge in [-0.3, -0.25) is 0 Å². The average molecular weight is 148 g/mol. The summed E-state index contributed by atoms with van der Waals surface area (Å²) in [5, 5.41) is 21.6. The van der Waals surface area contributed by atoms with Crippen molar-refractivity contribution >= 4 is 11.8 Å². The first-order chi connectivity index (χ1) is 4.79. The molecule has 0 saturated carbocycles. The Morgan fingerprint density at radius 2 is 1.30 bits per heavy atom. The second-order valence-corrected chi connectivity index (χ2v) is 1.22. The molecular weight excluding hydrogens is 140 g/mol. The quantitative estimate of drug-likeness (QED) is 0.216. The van der Waals surface area contributed by atoms with E-state index < -0.39 is 0 Å². The molecule has 6 nitrogen and oxygen atoms in total. The normalized spacial score (nSPS) is 13.0. The van der Waals surface area contributed by atoms with Crippen molar-refractivity contribution in [2.45, 2.75) is 0 Å². The van der Waals surface area contributed by atoms with Gasteiger partial charge in [0.25, 0.3) is 0 Å². The van der Waals surface area contributed by atoms with Crippen molar-refractivity contribution in [1.82, 2.24) is 0 Å². The molecule has 0 amide bonds. The average Bonchev–Trinajstić information content (AvgIpc) is 2.00. The van der Waals surface area contributed by atoms with Crippen LogP contribution in [0, 0.1) is 0 Å². The summed E-state index contributed by atoms with van der Waals surface area (Å²) in [5.41, 5.74) is 0. The van der Waals surface area contributed by atoms with Crippen molar-refractivity contribution in [1.29, 1.82) is 0 Å². The van der Waals surface area contributed by atoms with Gasteiger partial charge in [-0.15, -0.1) is 0 Å². The molecule has 0 aromatic rings. The number of oxime groups is 2. The Balaban J connectivity index is 4.27. The summed E-state index contributed by atoms with van der Waals surface area (Å²) in [7, 11) is 2.50. The smallest absolute Gasteiger partial charge is 0.316 e. The third-order valence-electron chi connectivity index (χ3n) is 0.751. The highest BCUT2D eigenvalue weighted by Gasteiger charge is 2.09.